The molecule has 0 unspecified atom stereocenters. The number of benzene rings is 3. The average Bonchev–Trinajstić information content (AvgIpc) is 3.59. The highest BCUT2D eigenvalue weighted by molar-refractivity contribution is 7.89. The van der Waals surface area contributed by atoms with Crippen LogP contribution in [0.1, 0.15) is 23.2 Å². The SMILES string of the molecule is NC(=O)c1cc(-c2ccc(Cl)cc2)cc(-c2ccc(S(N)(=O)=O)cc2)c1NC(=O)C1CC1. The van der Waals surface area contributed by atoms with E-state index in [2.05, 4.69) is 5.32 Å². The molecule has 1 saturated carbocycles. The van der Waals surface area contributed by atoms with Gasteiger partial charge in [0, 0.05) is 16.5 Å². The summed E-state index contributed by atoms with van der Waals surface area (Å²) in [5.74, 6) is -0.979. The highest BCUT2D eigenvalue weighted by atomic mass is 35.5. The van der Waals surface area contributed by atoms with Gasteiger partial charge in [-0.15, -0.1) is 0 Å². The molecule has 164 valence electrons. The highest BCUT2D eigenvalue weighted by Gasteiger charge is 2.31. The van der Waals surface area contributed by atoms with E-state index in [1.807, 2.05) is 6.07 Å². The average molecular weight is 470 g/mol. The van der Waals surface area contributed by atoms with E-state index in [4.69, 9.17) is 22.5 Å². The first kappa shape index (κ1) is 22.0. The van der Waals surface area contributed by atoms with Crippen LogP contribution in [0.2, 0.25) is 5.02 Å². The number of amides is 2. The molecule has 3 aromatic rings. The van der Waals surface area contributed by atoms with Crippen molar-refractivity contribution >= 4 is 39.1 Å². The van der Waals surface area contributed by atoms with Gasteiger partial charge < -0.3 is 11.1 Å². The third-order valence-electron chi connectivity index (χ3n) is 5.27. The third kappa shape index (κ3) is 4.67. The maximum atomic E-state index is 12.5. The number of nitrogens with one attached hydrogen (secondary N) is 1. The Kier molecular flexibility index (Phi) is 5.77. The molecule has 7 nitrogen and oxygen atoms in total. The molecule has 0 aliphatic heterocycles. The predicted octanol–water partition coefficient (Wildman–Crippen LogP) is 3.77. The zero-order valence-electron chi connectivity index (χ0n) is 16.8. The summed E-state index contributed by atoms with van der Waals surface area (Å²) in [6.45, 7) is 0. The first-order chi connectivity index (χ1) is 15.1. The second kappa shape index (κ2) is 8.38. The summed E-state index contributed by atoms with van der Waals surface area (Å²) in [4.78, 5) is 24.8. The summed E-state index contributed by atoms with van der Waals surface area (Å²) < 4.78 is 23.3. The lowest BCUT2D eigenvalue weighted by Crippen LogP contribution is -2.20. The first-order valence-electron chi connectivity index (χ1n) is 9.81. The molecule has 1 fully saturated rings. The number of nitrogens with two attached hydrogens (primary N) is 2. The van der Waals surface area contributed by atoms with Crippen molar-refractivity contribution in [3.8, 4) is 22.3 Å². The lowest BCUT2D eigenvalue weighted by atomic mass is 9.93. The van der Waals surface area contributed by atoms with Gasteiger partial charge >= 0.3 is 0 Å². The van der Waals surface area contributed by atoms with Crippen LogP contribution in [-0.4, -0.2) is 20.2 Å². The second-order valence-corrected chi connectivity index (χ2v) is 9.65. The monoisotopic (exact) mass is 469 g/mol. The fourth-order valence-corrected chi connectivity index (χ4v) is 4.04. The van der Waals surface area contributed by atoms with Gasteiger partial charge in [0.1, 0.15) is 0 Å². The molecular formula is C23H20ClN3O4S. The topological polar surface area (TPSA) is 132 Å². The Morgan fingerprint density at radius 1 is 0.906 bits per heavy atom. The maximum Gasteiger partial charge on any atom is 0.250 e. The molecule has 0 saturated heterocycles. The molecule has 2 amide bonds. The van der Waals surface area contributed by atoms with Crippen LogP contribution in [0.5, 0.6) is 0 Å². The molecule has 1 aliphatic carbocycles. The van der Waals surface area contributed by atoms with Crippen LogP contribution in [-0.2, 0) is 14.8 Å². The van der Waals surface area contributed by atoms with Crippen LogP contribution < -0.4 is 16.2 Å². The van der Waals surface area contributed by atoms with Crippen molar-refractivity contribution in [1.82, 2.24) is 0 Å². The van der Waals surface area contributed by atoms with Gasteiger partial charge in [-0.25, -0.2) is 13.6 Å². The summed E-state index contributed by atoms with van der Waals surface area (Å²) >= 11 is 6.00. The van der Waals surface area contributed by atoms with Gasteiger partial charge in [-0.05, 0) is 65.9 Å². The minimum absolute atomic E-state index is 0.0474. The van der Waals surface area contributed by atoms with E-state index in [1.54, 1.807) is 42.5 Å². The van der Waals surface area contributed by atoms with E-state index in [9.17, 15) is 18.0 Å². The van der Waals surface area contributed by atoms with Gasteiger partial charge in [-0.3, -0.25) is 9.59 Å². The zero-order valence-corrected chi connectivity index (χ0v) is 18.4. The third-order valence-corrected chi connectivity index (χ3v) is 6.45. The van der Waals surface area contributed by atoms with Crippen molar-refractivity contribution in [2.24, 2.45) is 16.8 Å². The summed E-state index contributed by atoms with van der Waals surface area (Å²) in [5.41, 5.74) is 8.70. The molecule has 32 heavy (non-hydrogen) atoms. The Bertz CT molecular complexity index is 1320. The predicted molar refractivity (Wildman–Crippen MR) is 124 cm³/mol. The largest absolute Gasteiger partial charge is 0.366 e. The molecule has 0 spiro atoms. The number of primary amides is 1. The van der Waals surface area contributed by atoms with Gasteiger partial charge in [-0.2, -0.15) is 0 Å². The van der Waals surface area contributed by atoms with Crippen molar-refractivity contribution in [1.29, 1.82) is 0 Å². The molecule has 5 N–H and O–H groups in total. The van der Waals surface area contributed by atoms with Gasteiger partial charge in [0.2, 0.25) is 15.9 Å². The van der Waals surface area contributed by atoms with Gasteiger partial charge in [-0.1, -0.05) is 35.9 Å². The molecule has 0 aromatic heterocycles. The number of carbonyl (C=O) groups is 2. The summed E-state index contributed by atoms with van der Waals surface area (Å²) in [7, 11) is -3.87. The van der Waals surface area contributed by atoms with E-state index >= 15 is 0 Å². The molecule has 0 radical (unpaired) electrons. The normalized spacial score (nSPS) is 13.6. The van der Waals surface area contributed by atoms with Crippen LogP contribution in [0.4, 0.5) is 5.69 Å². The minimum atomic E-state index is -3.87. The molecule has 0 bridgehead atoms. The van der Waals surface area contributed by atoms with Crippen LogP contribution in [0.15, 0.2) is 65.6 Å². The highest BCUT2D eigenvalue weighted by Crippen LogP contribution is 2.38. The van der Waals surface area contributed by atoms with E-state index in [0.29, 0.717) is 21.7 Å². The van der Waals surface area contributed by atoms with Crippen LogP contribution >= 0.6 is 11.6 Å². The number of primary sulfonamides is 1. The summed E-state index contributed by atoms with van der Waals surface area (Å²) in [5, 5.41) is 8.62. The number of halogens is 1. The molecule has 0 heterocycles. The number of hydrogen-bond acceptors (Lipinski definition) is 4. The quantitative estimate of drug-likeness (QED) is 0.506. The van der Waals surface area contributed by atoms with E-state index < -0.39 is 15.9 Å². The van der Waals surface area contributed by atoms with E-state index in [1.165, 1.54) is 12.1 Å². The van der Waals surface area contributed by atoms with Crippen molar-refractivity contribution in [2.75, 3.05) is 5.32 Å². The van der Waals surface area contributed by atoms with Crippen molar-refractivity contribution < 1.29 is 18.0 Å². The zero-order chi connectivity index (χ0) is 23.0. The smallest absolute Gasteiger partial charge is 0.250 e. The molecule has 4 rings (SSSR count). The minimum Gasteiger partial charge on any atom is -0.366 e. The van der Waals surface area contributed by atoms with Gasteiger partial charge in [0.15, 0.2) is 0 Å². The van der Waals surface area contributed by atoms with E-state index in [-0.39, 0.29) is 28.0 Å². The van der Waals surface area contributed by atoms with Crippen molar-refractivity contribution in [3.05, 3.63) is 71.2 Å². The first-order valence-corrected chi connectivity index (χ1v) is 11.7. The van der Waals surface area contributed by atoms with E-state index in [0.717, 1.165) is 18.4 Å². The number of hydrogen-bond donors (Lipinski definition) is 3. The Labute approximate surface area is 190 Å². The molecule has 3 aromatic carbocycles. The Balaban J connectivity index is 1.91. The molecule has 9 heteroatoms. The fraction of sp³-hybridized carbons (Fsp3) is 0.130. The Morgan fingerprint density at radius 3 is 2.03 bits per heavy atom. The van der Waals surface area contributed by atoms with Crippen LogP contribution in [0, 0.1) is 5.92 Å². The number of sulfonamides is 1. The lowest BCUT2D eigenvalue weighted by Gasteiger charge is -2.17. The summed E-state index contributed by atoms with van der Waals surface area (Å²) in [6.07, 6.45) is 1.58. The standard InChI is InChI=1S/C23H20ClN3O4S/c24-17-7-3-13(4-8-17)16-11-19(14-5-9-18(10-6-14)32(26,30)31)21(20(12-16)22(25)28)27-23(29)15-1-2-15/h3-12,15H,1-2H2,(H2,25,28)(H,27,29)(H2,26,30,31). The Hall–Kier alpha value is -3.20. The molecule has 0 atom stereocenters. The Morgan fingerprint density at radius 2 is 1.50 bits per heavy atom. The second-order valence-electron chi connectivity index (χ2n) is 7.65. The fourth-order valence-electron chi connectivity index (χ4n) is 3.40. The van der Waals surface area contributed by atoms with Gasteiger partial charge in [0.25, 0.3) is 5.91 Å². The van der Waals surface area contributed by atoms with Crippen LogP contribution in [0.3, 0.4) is 0 Å². The number of rotatable bonds is 6. The number of carbonyl (C=O) groups excluding carboxylic acids is 2. The molecule has 1 aliphatic rings. The molecular weight excluding hydrogens is 450 g/mol. The summed E-state index contributed by atoms with van der Waals surface area (Å²) in [6, 6.07) is 16.4. The van der Waals surface area contributed by atoms with Gasteiger partial charge in [0.05, 0.1) is 16.1 Å². The maximum absolute atomic E-state index is 12.5. The number of anilines is 1. The lowest BCUT2D eigenvalue weighted by molar-refractivity contribution is -0.117. The van der Waals surface area contributed by atoms with Crippen molar-refractivity contribution in [3.63, 3.8) is 0 Å². The van der Waals surface area contributed by atoms with Crippen molar-refractivity contribution in [2.45, 2.75) is 17.7 Å². The van der Waals surface area contributed by atoms with Crippen LogP contribution in [0.25, 0.3) is 22.3 Å².